The first-order valence-corrected chi connectivity index (χ1v) is 10.0. The standard InChI is InChI=1S/C23H25N5O/c1-2-18-8-6-7-11-20(18)26-22-17-24-21(16-25-22)23(29)28-14-12-27(13-15-28)19-9-4-3-5-10-19/h3-11,16-17H,2,12-15H2,1H3,(H,25,26). The van der Waals surface area contributed by atoms with Crippen molar-refractivity contribution in [3.63, 3.8) is 0 Å². The minimum atomic E-state index is -0.0641. The second-order valence-corrected chi connectivity index (χ2v) is 7.04. The number of amides is 1. The van der Waals surface area contributed by atoms with Gasteiger partial charge in [-0.3, -0.25) is 4.79 Å². The molecule has 1 aromatic heterocycles. The molecule has 1 amide bonds. The van der Waals surface area contributed by atoms with Crippen LogP contribution in [0.5, 0.6) is 0 Å². The zero-order chi connectivity index (χ0) is 20.1. The minimum Gasteiger partial charge on any atom is -0.368 e. The molecule has 0 atom stereocenters. The Morgan fingerprint density at radius 1 is 0.931 bits per heavy atom. The molecule has 148 valence electrons. The summed E-state index contributed by atoms with van der Waals surface area (Å²) in [5.41, 5.74) is 3.81. The number of nitrogens with one attached hydrogen (secondary N) is 1. The van der Waals surface area contributed by atoms with Gasteiger partial charge in [0.1, 0.15) is 11.5 Å². The van der Waals surface area contributed by atoms with Crippen molar-refractivity contribution in [1.82, 2.24) is 14.9 Å². The first-order valence-electron chi connectivity index (χ1n) is 10.0. The Morgan fingerprint density at radius 2 is 1.66 bits per heavy atom. The lowest BCUT2D eigenvalue weighted by molar-refractivity contribution is 0.0740. The summed E-state index contributed by atoms with van der Waals surface area (Å²) in [6.45, 7) is 5.11. The predicted octanol–water partition coefficient (Wildman–Crippen LogP) is 3.75. The molecule has 1 fully saturated rings. The van der Waals surface area contributed by atoms with Crippen LogP contribution in [0.1, 0.15) is 23.0 Å². The molecule has 0 aliphatic carbocycles. The number of hydrogen-bond donors (Lipinski definition) is 1. The molecule has 6 nitrogen and oxygen atoms in total. The van der Waals surface area contributed by atoms with E-state index in [4.69, 9.17) is 0 Å². The highest BCUT2D eigenvalue weighted by molar-refractivity contribution is 5.92. The van der Waals surface area contributed by atoms with E-state index in [1.54, 1.807) is 12.4 Å². The Balaban J connectivity index is 1.37. The average molecular weight is 387 g/mol. The van der Waals surface area contributed by atoms with Gasteiger partial charge in [0.25, 0.3) is 5.91 Å². The number of para-hydroxylation sites is 2. The summed E-state index contributed by atoms with van der Waals surface area (Å²) in [7, 11) is 0. The van der Waals surface area contributed by atoms with E-state index in [0.29, 0.717) is 24.6 Å². The van der Waals surface area contributed by atoms with E-state index in [1.807, 2.05) is 41.3 Å². The molecule has 2 aromatic carbocycles. The number of nitrogens with zero attached hydrogens (tertiary/aromatic N) is 4. The smallest absolute Gasteiger partial charge is 0.274 e. The van der Waals surface area contributed by atoms with Crippen LogP contribution >= 0.6 is 0 Å². The number of piperazine rings is 1. The lowest BCUT2D eigenvalue weighted by Gasteiger charge is -2.35. The maximum absolute atomic E-state index is 12.8. The summed E-state index contributed by atoms with van der Waals surface area (Å²) in [4.78, 5) is 25.7. The zero-order valence-corrected chi connectivity index (χ0v) is 16.6. The highest BCUT2D eigenvalue weighted by Crippen LogP contribution is 2.20. The van der Waals surface area contributed by atoms with Crippen LogP contribution in [0.3, 0.4) is 0 Å². The summed E-state index contributed by atoms with van der Waals surface area (Å²) < 4.78 is 0. The molecule has 6 heteroatoms. The third-order valence-corrected chi connectivity index (χ3v) is 5.22. The van der Waals surface area contributed by atoms with E-state index in [0.717, 1.165) is 25.2 Å². The van der Waals surface area contributed by atoms with Gasteiger partial charge in [0, 0.05) is 37.6 Å². The summed E-state index contributed by atoms with van der Waals surface area (Å²) in [6.07, 6.45) is 4.12. The highest BCUT2D eigenvalue weighted by Gasteiger charge is 2.23. The summed E-state index contributed by atoms with van der Waals surface area (Å²) in [6, 6.07) is 18.4. The lowest BCUT2D eigenvalue weighted by atomic mass is 10.1. The average Bonchev–Trinajstić information content (AvgIpc) is 2.80. The van der Waals surface area contributed by atoms with Crippen molar-refractivity contribution in [2.45, 2.75) is 13.3 Å². The van der Waals surface area contributed by atoms with E-state index in [-0.39, 0.29) is 5.91 Å². The van der Waals surface area contributed by atoms with E-state index < -0.39 is 0 Å². The molecule has 1 aliphatic rings. The van der Waals surface area contributed by atoms with Crippen molar-refractivity contribution in [2.24, 2.45) is 0 Å². The monoisotopic (exact) mass is 387 g/mol. The molecule has 0 saturated carbocycles. The Kier molecular flexibility index (Phi) is 5.70. The molecule has 2 heterocycles. The van der Waals surface area contributed by atoms with Crippen LogP contribution in [0.25, 0.3) is 0 Å². The number of benzene rings is 2. The molecule has 1 N–H and O–H groups in total. The van der Waals surface area contributed by atoms with Crippen LogP contribution in [0.15, 0.2) is 67.0 Å². The van der Waals surface area contributed by atoms with E-state index >= 15 is 0 Å². The van der Waals surface area contributed by atoms with Crippen LogP contribution < -0.4 is 10.2 Å². The van der Waals surface area contributed by atoms with Gasteiger partial charge < -0.3 is 15.1 Å². The molecule has 1 saturated heterocycles. The van der Waals surface area contributed by atoms with Gasteiger partial charge in [0.05, 0.1) is 12.4 Å². The van der Waals surface area contributed by atoms with Crippen LogP contribution in [0, 0.1) is 0 Å². The summed E-state index contributed by atoms with van der Waals surface area (Å²) >= 11 is 0. The second kappa shape index (κ2) is 8.73. The molecule has 0 bridgehead atoms. The zero-order valence-electron chi connectivity index (χ0n) is 16.6. The van der Waals surface area contributed by atoms with Crippen molar-refractivity contribution in [3.8, 4) is 0 Å². The molecule has 3 aromatic rings. The SMILES string of the molecule is CCc1ccccc1Nc1cnc(C(=O)N2CCN(c3ccccc3)CC2)cn1. The summed E-state index contributed by atoms with van der Waals surface area (Å²) in [5.74, 6) is 0.571. The van der Waals surface area contributed by atoms with Crippen LogP contribution in [0.4, 0.5) is 17.2 Å². The van der Waals surface area contributed by atoms with Gasteiger partial charge >= 0.3 is 0 Å². The maximum Gasteiger partial charge on any atom is 0.274 e. The van der Waals surface area contributed by atoms with Crippen LogP contribution in [0.2, 0.25) is 0 Å². The van der Waals surface area contributed by atoms with Crippen molar-refractivity contribution in [1.29, 1.82) is 0 Å². The molecule has 0 radical (unpaired) electrons. The second-order valence-electron chi connectivity index (χ2n) is 7.04. The Hall–Kier alpha value is -3.41. The molecular weight excluding hydrogens is 362 g/mol. The number of aryl methyl sites for hydroxylation is 1. The van der Waals surface area contributed by atoms with Crippen molar-refractivity contribution < 1.29 is 4.79 Å². The molecule has 0 spiro atoms. The first kappa shape index (κ1) is 18.9. The predicted molar refractivity (Wildman–Crippen MR) is 116 cm³/mol. The molecule has 1 aliphatic heterocycles. The van der Waals surface area contributed by atoms with Crippen molar-refractivity contribution >= 4 is 23.1 Å². The number of carbonyl (C=O) groups excluding carboxylic acids is 1. The highest BCUT2D eigenvalue weighted by atomic mass is 16.2. The number of aromatic nitrogens is 2. The number of rotatable bonds is 5. The number of anilines is 3. The van der Waals surface area contributed by atoms with Gasteiger partial charge in [0.15, 0.2) is 0 Å². The van der Waals surface area contributed by atoms with Gasteiger partial charge in [-0.15, -0.1) is 0 Å². The largest absolute Gasteiger partial charge is 0.368 e. The van der Waals surface area contributed by atoms with Crippen molar-refractivity contribution in [2.75, 3.05) is 36.4 Å². The number of hydrogen-bond acceptors (Lipinski definition) is 5. The van der Waals surface area contributed by atoms with Crippen LogP contribution in [-0.2, 0) is 6.42 Å². The van der Waals surface area contributed by atoms with Gasteiger partial charge in [0.2, 0.25) is 0 Å². The van der Waals surface area contributed by atoms with Gasteiger partial charge in [-0.05, 0) is 30.2 Å². The molecule has 4 rings (SSSR count). The van der Waals surface area contributed by atoms with Gasteiger partial charge in [-0.2, -0.15) is 0 Å². The van der Waals surface area contributed by atoms with Crippen LogP contribution in [-0.4, -0.2) is 47.0 Å². The third kappa shape index (κ3) is 4.37. The fourth-order valence-corrected chi connectivity index (χ4v) is 3.56. The maximum atomic E-state index is 12.8. The third-order valence-electron chi connectivity index (χ3n) is 5.22. The Bertz CT molecular complexity index is 951. The Morgan fingerprint density at radius 3 is 2.34 bits per heavy atom. The number of carbonyl (C=O) groups is 1. The van der Waals surface area contributed by atoms with E-state index in [1.165, 1.54) is 11.3 Å². The van der Waals surface area contributed by atoms with E-state index in [9.17, 15) is 4.79 Å². The minimum absolute atomic E-state index is 0.0641. The van der Waals surface area contributed by atoms with E-state index in [2.05, 4.69) is 45.3 Å². The molecule has 0 unspecified atom stereocenters. The fraction of sp³-hybridized carbons (Fsp3) is 0.261. The normalized spacial score (nSPS) is 14.0. The molecule has 29 heavy (non-hydrogen) atoms. The summed E-state index contributed by atoms with van der Waals surface area (Å²) in [5, 5.41) is 3.29. The Labute approximate surface area is 171 Å². The first-order chi connectivity index (χ1) is 14.2. The molecular formula is C23H25N5O. The van der Waals surface area contributed by atoms with Gasteiger partial charge in [-0.1, -0.05) is 43.3 Å². The fourth-order valence-electron chi connectivity index (χ4n) is 3.56. The quantitative estimate of drug-likeness (QED) is 0.723. The van der Waals surface area contributed by atoms with Gasteiger partial charge in [-0.25, -0.2) is 9.97 Å². The lowest BCUT2D eigenvalue weighted by Crippen LogP contribution is -2.49. The topological polar surface area (TPSA) is 61.4 Å². The van der Waals surface area contributed by atoms with Crippen molar-refractivity contribution in [3.05, 3.63) is 78.2 Å².